The van der Waals surface area contributed by atoms with E-state index in [1.54, 1.807) is 11.8 Å². The Morgan fingerprint density at radius 1 is 1.07 bits per heavy atom. The van der Waals surface area contributed by atoms with Gasteiger partial charge in [-0.1, -0.05) is 38.3 Å². The summed E-state index contributed by atoms with van der Waals surface area (Å²) in [5.74, 6) is 1.40. The number of benzene rings is 2. The molecular weight excluding hydrogens is 396 g/mol. The fourth-order valence-corrected chi connectivity index (χ4v) is 4.66. The molecule has 0 aliphatic carbocycles. The monoisotopic (exact) mass is 426 g/mol. The van der Waals surface area contributed by atoms with Crippen LogP contribution >= 0.6 is 11.8 Å². The summed E-state index contributed by atoms with van der Waals surface area (Å²) < 4.78 is 5.50. The summed E-state index contributed by atoms with van der Waals surface area (Å²) in [6.45, 7) is 4.72. The molecule has 1 N–H and O–H groups in total. The molecule has 1 heterocycles. The third-order valence-corrected chi connectivity index (χ3v) is 6.24. The van der Waals surface area contributed by atoms with E-state index in [0.717, 1.165) is 35.5 Å². The molecule has 1 saturated heterocycles. The van der Waals surface area contributed by atoms with Crippen molar-refractivity contribution in [3.8, 4) is 5.75 Å². The standard InChI is InChI=1S/C24H30N2O3S/c1-3-5-6-7-8-22(27)25-19-11-9-18(10-12-19)24-26(23(28)17-30-24)20-13-15-21(16-14-20)29-4-2/h9-16,24H,3-8,17H2,1-2H3,(H,25,27). The number of anilines is 2. The third kappa shape index (κ3) is 5.79. The average Bonchev–Trinajstić information content (AvgIpc) is 3.14. The number of nitrogens with zero attached hydrogens (tertiary/aromatic N) is 1. The minimum absolute atomic E-state index is 0.0558. The lowest BCUT2D eigenvalue weighted by atomic mass is 10.1. The molecule has 1 fully saturated rings. The van der Waals surface area contributed by atoms with E-state index in [1.165, 1.54) is 12.8 Å². The lowest BCUT2D eigenvalue weighted by molar-refractivity contribution is -0.116. The molecule has 3 rings (SSSR count). The molecule has 30 heavy (non-hydrogen) atoms. The van der Waals surface area contributed by atoms with Gasteiger partial charge < -0.3 is 10.1 Å². The number of ether oxygens (including phenoxy) is 1. The van der Waals surface area contributed by atoms with Gasteiger partial charge in [0.1, 0.15) is 11.1 Å². The molecule has 2 amide bonds. The molecule has 5 nitrogen and oxygen atoms in total. The minimum atomic E-state index is -0.0748. The molecule has 1 aliphatic rings. The second-order valence-electron chi connectivity index (χ2n) is 7.33. The summed E-state index contributed by atoms with van der Waals surface area (Å²) in [6, 6.07) is 15.5. The Hall–Kier alpha value is -2.47. The van der Waals surface area contributed by atoms with Gasteiger partial charge in [-0.05, 0) is 55.3 Å². The van der Waals surface area contributed by atoms with Crippen LogP contribution in [0.25, 0.3) is 0 Å². The van der Waals surface area contributed by atoms with Crippen molar-refractivity contribution in [1.29, 1.82) is 0 Å². The Labute approximate surface area is 183 Å². The summed E-state index contributed by atoms with van der Waals surface area (Å²) in [4.78, 5) is 26.5. The van der Waals surface area contributed by atoms with Crippen molar-refractivity contribution in [3.05, 3.63) is 54.1 Å². The maximum atomic E-state index is 12.5. The molecule has 0 spiro atoms. The van der Waals surface area contributed by atoms with Crippen LogP contribution in [0.4, 0.5) is 11.4 Å². The van der Waals surface area contributed by atoms with Crippen LogP contribution in [0, 0.1) is 0 Å². The molecule has 2 aromatic carbocycles. The van der Waals surface area contributed by atoms with Gasteiger partial charge in [-0.25, -0.2) is 0 Å². The van der Waals surface area contributed by atoms with Crippen molar-refractivity contribution in [2.75, 3.05) is 22.6 Å². The number of carbonyl (C=O) groups is 2. The largest absolute Gasteiger partial charge is 0.494 e. The first-order chi connectivity index (χ1) is 14.6. The first kappa shape index (κ1) is 22.2. The van der Waals surface area contributed by atoms with Crippen LogP contribution in [0.5, 0.6) is 5.75 Å². The van der Waals surface area contributed by atoms with E-state index in [2.05, 4.69) is 12.2 Å². The summed E-state index contributed by atoms with van der Waals surface area (Å²) in [5, 5.41) is 2.89. The van der Waals surface area contributed by atoms with Crippen molar-refractivity contribution in [1.82, 2.24) is 0 Å². The van der Waals surface area contributed by atoms with Crippen LogP contribution in [0.2, 0.25) is 0 Å². The van der Waals surface area contributed by atoms with E-state index in [0.29, 0.717) is 18.8 Å². The Bertz CT molecular complexity index is 837. The minimum Gasteiger partial charge on any atom is -0.494 e. The first-order valence-electron chi connectivity index (χ1n) is 10.7. The van der Waals surface area contributed by atoms with E-state index in [1.807, 2.05) is 60.4 Å². The van der Waals surface area contributed by atoms with Crippen molar-refractivity contribution >= 4 is 35.0 Å². The van der Waals surface area contributed by atoms with E-state index in [-0.39, 0.29) is 17.2 Å². The molecule has 0 aromatic heterocycles. The lowest BCUT2D eigenvalue weighted by Crippen LogP contribution is -2.27. The fraction of sp³-hybridized carbons (Fsp3) is 0.417. The molecular formula is C24H30N2O3S. The maximum absolute atomic E-state index is 12.5. The number of unbranched alkanes of at least 4 members (excludes halogenated alkanes) is 3. The lowest BCUT2D eigenvalue weighted by Gasteiger charge is -2.24. The van der Waals surface area contributed by atoms with Crippen molar-refractivity contribution < 1.29 is 14.3 Å². The van der Waals surface area contributed by atoms with Crippen LogP contribution in [0.1, 0.15) is 56.9 Å². The molecule has 1 aliphatic heterocycles. The van der Waals surface area contributed by atoms with Gasteiger partial charge >= 0.3 is 0 Å². The Kier molecular flexibility index (Phi) is 8.20. The van der Waals surface area contributed by atoms with Gasteiger partial charge in [0.05, 0.1) is 12.4 Å². The van der Waals surface area contributed by atoms with Crippen LogP contribution in [0.15, 0.2) is 48.5 Å². The number of amides is 2. The molecule has 0 radical (unpaired) electrons. The second-order valence-corrected chi connectivity index (χ2v) is 8.40. The molecule has 160 valence electrons. The summed E-state index contributed by atoms with van der Waals surface area (Å²) in [5.41, 5.74) is 2.70. The van der Waals surface area contributed by atoms with Gasteiger partial charge in [0, 0.05) is 17.8 Å². The number of nitrogens with one attached hydrogen (secondary N) is 1. The summed E-state index contributed by atoms with van der Waals surface area (Å²) in [6.07, 6.45) is 4.91. The Balaban J connectivity index is 1.64. The number of thioether (sulfide) groups is 1. The van der Waals surface area contributed by atoms with Crippen LogP contribution < -0.4 is 15.0 Å². The number of hydrogen-bond donors (Lipinski definition) is 1. The van der Waals surface area contributed by atoms with E-state index in [9.17, 15) is 9.59 Å². The van der Waals surface area contributed by atoms with Gasteiger partial charge in [0.25, 0.3) is 0 Å². The number of carbonyl (C=O) groups excluding carboxylic acids is 2. The summed E-state index contributed by atoms with van der Waals surface area (Å²) in [7, 11) is 0. The first-order valence-corrected chi connectivity index (χ1v) is 11.7. The maximum Gasteiger partial charge on any atom is 0.238 e. The predicted molar refractivity (Wildman–Crippen MR) is 124 cm³/mol. The molecule has 0 saturated carbocycles. The zero-order valence-electron chi connectivity index (χ0n) is 17.7. The molecule has 0 bridgehead atoms. The van der Waals surface area contributed by atoms with Gasteiger partial charge in [0.15, 0.2) is 0 Å². The highest BCUT2D eigenvalue weighted by atomic mass is 32.2. The Morgan fingerprint density at radius 2 is 1.80 bits per heavy atom. The third-order valence-electron chi connectivity index (χ3n) is 5.03. The van der Waals surface area contributed by atoms with Gasteiger partial charge in [-0.2, -0.15) is 0 Å². The van der Waals surface area contributed by atoms with Crippen molar-refractivity contribution in [2.24, 2.45) is 0 Å². The highest BCUT2D eigenvalue weighted by Crippen LogP contribution is 2.42. The average molecular weight is 427 g/mol. The highest BCUT2D eigenvalue weighted by Gasteiger charge is 2.34. The van der Waals surface area contributed by atoms with Crippen molar-refractivity contribution in [2.45, 2.75) is 51.3 Å². The molecule has 1 atom stereocenters. The Morgan fingerprint density at radius 3 is 2.47 bits per heavy atom. The van der Waals surface area contributed by atoms with Crippen LogP contribution in [0.3, 0.4) is 0 Å². The zero-order chi connectivity index (χ0) is 21.3. The van der Waals surface area contributed by atoms with Gasteiger partial charge in [-0.3, -0.25) is 14.5 Å². The predicted octanol–water partition coefficient (Wildman–Crippen LogP) is 5.77. The van der Waals surface area contributed by atoms with Gasteiger partial charge in [-0.15, -0.1) is 11.8 Å². The zero-order valence-corrected chi connectivity index (χ0v) is 18.5. The summed E-state index contributed by atoms with van der Waals surface area (Å²) >= 11 is 1.61. The van der Waals surface area contributed by atoms with Crippen LogP contribution in [-0.4, -0.2) is 24.2 Å². The highest BCUT2D eigenvalue weighted by molar-refractivity contribution is 8.00. The van der Waals surface area contributed by atoms with E-state index < -0.39 is 0 Å². The van der Waals surface area contributed by atoms with E-state index >= 15 is 0 Å². The number of hydrogen-bond acceptors (Lipinski definition) is 4. The van der Waals surface area contributed by atoms with E-state index in [4.69, 9.17) is 4.74 Å². The molecule has 1 unspecified atom stereocenters. The fourth-order valence-electron chi connectivity index (χ4n) is 3.49. The SMILES string of the molecule is CCCCCCC(=O)Nc1ccc(C2SCC(=O)N2c2ccc(OCC)cc2)cc1. The molecule has 6 heteroatoms. The van der Waals surface area contributed by atoms with Crippen molar-refractivity contribution in [3.63, 3.8) is 0 Å². The molecule has 2 aromatic rings. The van der Waals surface area contributed by atoms with Crippen LogP contribution in [-0.2, 0) is 9.59 Å². The normalized spacial score (nSPS) is 16.0. The van der Waals surface area contributed by atoms with Gasteiger partial charge in [0.2, 0.25) is 11.8 Å². The number of rotatable bonds is 10. The second kappa shape index (κ2) is 11.1. The quantitative estimate of drug-likeness (QED) is 0.490. The smallest absolute Gasteiger partial charge is 0.238 e. The topological polar surface area (TPSA) is 58.6 Å².